The van der Waals surface area contributed by atoms with Gasteiger partial charge in [-0.2, -0.15) is 4.98 Å². The summed E-state index contributed by atoms with van der Waals surface area (Å²) in [5, 5.41) is 29.3. The Bertz CT molecular complexity index is 1590. The number of fused-ring (bicyclic) bond motifs is 1. The van der Waals surface area contributed by atoms with Gasteiger partial charge in [0.25, 0.3) is 0 Å². The Morgan fingerprint density at radius 2 is 1.72 bits per heavy atom. The number of aryl methyl sites for hydroxylation is 2. The molecule has 3 unspecified atom stereocenters. The van der Waals surface area contributed by atoms with Gasteiger partial charge in [0.1, 0.15) is 16.3 Å². The molecule has 5 rings (SSSR count). The monoisotopic (exact) mass is 630 g/mol. The van der Waals surface area contributed by atoms with Crippen molar-refractivity contribution in [3.63, 3.8) is 0 Å². The van der Waals surface area contributed by atoms with Gasteiger partial charge in [0.15, 0.2) is 9.84 Å². The highest BCUT2D eigenvalue weighted by Crippen LogP contribution is 2.41. The van der Waals surface area contributed by atoms with Crippen LogP contribution in [0.1, 0.15) is 91.0 Å². The van der Waals surface area contributed by atoms with Crippen LogP contribution in [0.2, 0.25) is 0 Å². The largest absolute Gasteiger partial charge is 0.393 e. The second-order valence-corrected chi connectivity index (χ2v) is 17.9. The minimum atomic E-state index is -3.41. The van der Waals surface area contributed by atoms with Crippen molar-refractivity contribution in [2.75, 3.05) is 16.4 Å². The van der Waals surface area contributed by atoms with Crippen molar-refractivity contribution < 1.29 is 18.6 Å². The van der Waals surface area contributed by atoms with Gasteiger partial charge in [-0.15, -0.1) is 11.3 Å². The Morgan fingerprint density at radius 1 is 1.02 bits per heavy atom. The van der Waals surface area contributed by atoms with E-state index in [9.17, 15) is 18.6 Å². The number of sulfone groups is 1. The lowest BCUT2D eigenvalue weighted by atomic mass is 9.83. The Labute approximate surface area is 259 Å². The topological polar surface area (TPSA) is 150 Å². The maximum Gasteiger partial charge on any atom is 0.225 e. The van der Waals surface area contributed by atoms with Gasteiger partial charge in [0.2, 0.25) is 5.95 Å². The van der Waals surface area contributed by atoms with Crippen LogP contribution < -0.4 is 10.6 Å². The first kappa shape index (κ1) is 32.0. The van der Waals surface area contributed by atoms with Crippen LogP contribution in [-0.4, -0.2) is 72.4 Å². The summed E-state index contributed by atoms with van der Waals surface area (Å²) in [4.78, 5) is 19.2. The predicted octanol–water partition coefficient (Wildman–Crippen LogP) is 5.42. The molecule has 3 aromatic heterocycles. The van der Waals surface area contributed by atoms with Crippen LogP contribution in [0.4, 0.5) is 11.8 Å². The smallest absolute Gasteiger partial charge is 0.225 e. The molecule has 0 amide bonds. The van der Waals surface area contributed by atoms with Gasteiger partial charge in [0.05, 0.1) is 49.4 Å². The number of anilines is 2. The average Bonchev–Trinajstić information content (AvgIpc) is 3.47. The van der Waals surface area contributed by atoms with E-state index >= 15 is 0 Å². The molecule has 2 aliphatic carbocycles. The quantitative estimate of drug-likeness (QED) is 0.254. The number of nitrogens with zero attached hydrogens (tertiary/aromatic N) is 4. The minimum Gasteiger partial charge on any atom is -0.393 e. The number of nitrogens with one attached hydrogen (secondary N) is 2. The fraction of sp³-hybridized carbons (Fsp3) is 0.677. The zero-order chi connectivity index (χ0) is 31.4. The molecule has 0 radical (unpaired) electrons. The van der Waals surface area contributed by atoms with Crippen molar-refractivity contribution >= 4 is 43.2 Å². The number of aliphatic hydroxyl groups is 2. The van der Waals surface area contributed by atoms with E-state index in [4.69, 9.17) is 15.0 Å². The van der Waals surface area contributed by atoms with Crippen LogP contribution in [-0.2, 0) is 9.84 Å². The van der Waals surface area contributed by atoms with E-state index in [1.54, 1.807) is 52.2 Å². The van der Waals surface area contributed by atoms with Crippen LogP contribution in [0.3, 0.4) is 0 Å². The van der Waals surface area contributed by atoms with Crippen molar-refractivity contribution in [3.05, 3.63) is 23.7 Å². The zero-order valence-electron chi connectivity index (χ0n) is 26.4. The molecule has 2 fully saturated rings. The Balaban J connectivity index is 1.56. The molecular weight excluding hydrogens is 585 g/mol. The van der Waals surface area contributed by atoms with E-state index < -0.39 is 31.8 Å². The van der Waals surface area contributed by atoms with E-state index in [-0.39, 0.29) is 17.7 Å². The molecule has 0 aromatic carbocycles. The third-order valence-electron chi connectivity index (χ3n) is 9.16. The lowest BCUT2D eigenvalue weighted by molar-refractivity contribution is -0.0314. The highest BCUT2D eigenvalue weighted by molar-refractivity contribution is 7.92. The summed E-state index contributed by atoms with van der Waals surface area (Å²) < 4.78 is 27.0. The molecule has 0 bridgehead atoms. The van der Waals surface area contributed by atoms with E-state index in [1.807, 2.05) is 19.9 Å². The van der Waals surface area contributed by atoms with E-state index in [1.165, 1.54) is 0 Å². The van der Waals surface area contributed by atoms with Crippen LogP contribution in [0.25, 0.3) is 20.8 Å². The maximum absolute atomic E-state index is 13.4. The van der Waals surface area contributed by atoms with E-state index in [0.29, 0.717) is 30.3 Å². The van der Waals surface area contributed by atoms with E-state index in [2.05, 4.69) is 15.6 Å². The highest BCUT2D eigenvalue weighted by Gasteiger charge is 2.43. The summed E-state index contributed by atoms with van der Waals surface area (Å²) in [6.07, 6.45) is 6.57. The first-order valence-electron chi connectivity index (χ1n) is 15.3. The summed E-state index contributed by atoms with van der Waals surface area (Å²) in [6.45, 7) is 12.6. The number of hydrogen-bond acceptors (Lipinski definition) is 11. The van der Waals surface area contributed by atoms with Crippen molar-refractivity contribution in [2.45, 2.75) is 121 Å². The van der Waals surface area contributed by atoms with Crippen molar-refractivity contribution in [3.8, 4) is 10.6 Å². The molecule has 2 saturated carbocycles. The third-order valence-corrected chi connectivity index (χ3v) is 13.0. The lowest BCUT2D eigenvalue weighted by Gasteiger charge is -2.39. The number of aliphatic hydroxyl groups excluding tert-OH is 1. The summed E-state index contributed by atoms with van der Waals surface area (Å²) in [5.74, 6) is 0.699. The number of aromatic nitrogens is 4. The number of rotatable bonds is 8. The van der Waals surface area contributed by atoms with Crippen LogP contribution in [0.15, 0.2) is 12.3 Å². The molecule has 43 heavy (non-hydrogen) atoms. The van der Waals surface area contributed by atoms with Gasteiger partial charge >= 0.3 is 0 Å². The number of hydrogen-bond donors (Lipinski definition) is 4. The average molecular weight is 631 g/mol. The molecule has 3 heterocycles. The molecule has 0 saturated heterocycles. The van der Waals surface area contributed by atoms with Crippen molar-refractivity contribution in [1.82, 2.24) is 19.9 Å². The lowest BCUT2D eigenvalue weighted by Crippen LogP contribution is -2.50. The first-order chi connectivity index (χ1) is 20.0. The van der Waals surface area contributed by atoms with Crippen molar-refractivity contribution in [1.29, 1.82) is 0 Å². The van der Waals surface area contributed by atoms with Crippen LogP contribution in [0, 0.1) is 19.8 Å². The Morgan fingerprint density at radius 3 is 2.33 bits per heavy atom. The standard InChI is InChI=1S/C31H46N6O4S2/c1-18-24(27-35-25-19(2)32-14-11-23(25)42-27)26(34-20-15-21(22(38)16-20)30(6,7)39)36-28(33-18)37-31(12-9-8-10-13-31)17-43(40,41)29(3,4)5/h11,14,20-22,38-39H,8-10,12-13,15-17H2,1-7H3,(H2,33,34,36,37). The molecule has 3 aromatic rings. The predicted molar refractivity (Wildman–Crippen MR) is 173 cm³/mol. The summed E-state index contributed by atoms with van der Waals surface area (Å²) in [7, 11) is -3.41. The maximum atomic E-state index is 13.4. The molecule has 0 aliphatic heterocycles. The molecule has 10 nitrogen and oxygen atoms in total. The summed E-state index contributed by atoms with van der Waals surface area (Å²) in [5.41, 5.74) is 1.49. The fourth-order valence-electron chi connectivity index (χ4n) is 6.52. The second-order valence-electron chi connectivity index (χ2n) is 14.1. The number of pyridine rings is 1. The third kappa shape index (κ3) is 6.67. The molecule has 0 spiro atoms. The second kappa shape index (κ2) is 11.5. The molecule has 4 N–H and O–H groups in total. The summed E-state index contributed by atoms with van der Waals surface area (Å²) in [6, 6.07) is 1.82. The molecule has 12 heteroatoms. The van der Waals surface area contributed by atoms with Gasteiger partial charge in [-0.1, -0.05) is 19.3 Å². The van der Waals surface area contributed by atoms with Gasteiger partial charge in [0, 0.05) is 18.2 Å². The normalized spacial score (nSPS) is 23.0. The zero-order valence-corrected chi connectivity index (χ0v) is 28.0. The van der Waals surface area contributed by atoms with E-state index in [0.717, 1.165) is 58.6 Å². The minimum absolute atomic E-state index is 0.0165. The van der Waals surface area contributed by atoms with Gasteiger partial charge < -0.3 is 20.8 Å². The van der Waals surface area contributed by atoms with Crippen molar-refractivity contribution in [2.24, 2.45) is 5.92 Å². The molecular formula is C31H46N6O4S2. The van der Waals surface area contributed by atoms with Gasteiger partial charge in [-0.05, 0) is 80.2 Å². The summed E-state index contributed by atoms with van der Waals surface area (Å²) >= 11 is 1.55. The highest BCUT2D eigenvalue weighted by atomic mass is 32.2. The molecule has 2 aliphatic rings. The fourth-order valence-corrected chi connectivity index (χ4v) is 9.15. The van der Waals surface area contributed by atoms with Crippen LogP contribution >= 0.6 is 11.3 Å². The SMILES string of the molecule is Cc1nc(NC2(CS(=O)(=O)C(C)(C)C)CCCCC2)nc(NC2CC(O)C(C(C)(C)O)C2)c1-c1nc2c(C)nccc2s1. The number of thiazole rings is 1. The molecule has 236 valence electrons. The molecule has 3 atom stereocenters. The first-order valence-corrected chi connectivity index (χ1v) is 17.7. The Kier molecular flexibility index (Phi) is 8.56. The Hall–Kier alpha value is -2.41. The van der Waals surface area contributed by atoms with Gasteiger partial charge in [-0.25, -0.2) is 18.4 Å². The van der Waals surface area contributed by atoms with Crippen LogP contribution in [0.5, 0.6) is 0 Å². The van der Waals surface area contributed by atoms with Gasteiger partial charge in [-0.3, -0.25) is 4.98 Å².